The van der Waals surface area contributed by atoms with Crippen molar-refractivity contribution in [1.29, 1.82) is 0 Å². The number of rotatable bonds is 3. The molecule has 1 fully saturated rings. The first-order valence-corrected chi connectivity index (χ1v) is 9.96. The fourth-order valence-electron chi connectivity index (χ4n) is 3.99. The molecule has 0 radical (unpaired) electrons. The van der Waals surface area contributed by atoms with Crippen LogP contribution in [0.2, 0.25) is 5.02 Å². The number of nitrogens with one attached hydrogen (secondary N) is 1. The van der Waals surface area contributed by atoms with Crippen LogP contribution < -0.4 is 10.7 Å². The molecule has 2 N–H and O–H groups in total. The third-order valence-electron chi connectivity index (χ3n) is 5.62. The highest BCUT2D eigenvalue weighted by molar-refractivity contribution is 6.31. The first kappa shape index (κ1) is 21.2. The van der Waals surface area contributed by atoms with E-state index in [0.717, 1.165) is 12.8 Å². The van der Waals surface area contributed by atoms with Gasteiger partial charge in [-0.3, -0.25) is 14.4 Å². The number of halogens is 4. The van der Waals surface area contributed by atoms with Crippen LogP contribution in [0, 0.1) is 17.5 Å². The van der Waals surface area contributed by atoms with E-state index in [4.69, 9.17) is 11.6 Å². The lowest BCUT2D eigenvalue weighted by molar-refractivity contribution is 0.0677. The fourth-order valence-corrected chi connectivity index (χ4v) is 4.16. The van der Waals surface area contributed by atoms with Gasteiger partial charge in [0, 0.05) is 37.5 Å². The van der Waals surface area contributed by atoms with E-state index in [2.05, 4.69) is 5.32 Å². The van der Waals surface area contributed by atoms with Gasteiger partial charge in [0.15, 0.2) is 17.3 Å². The molecule has 0 aliphatic carbocycles. The van der Waals surface area contributed by atoms with Gasteiger partial charge in [-0.1, -0.05) is 11.6 Å². The standard InChI is InChI=1S/C20H17ClF3N3O4/c21-14-13(23)5-12(22)10(15(14)24)6-25-19(30)11-8-27-9-3-1-2-4-26(7-9)20(31)16(27)18(29)17(11)28/h5,8-9,29H,1-4,6-7H2,(H,25,30). The van der Waals surface area contributed by atoms with Crippen LogP contribution in [-0.2, 0) is 6.54 Å². The Morgan fingerprint density at radius 3 is 2.71 bits per heavy atom. The Bertz CT molecular complexity index is 1170. The van der Waals surface area contributed by atoms with Gasteiger partial charge in [-0.25, -0.2) is 13.2 Å². The van der Waals surface area contributed by atoms with Crippen molar-refractivity contribution in [3.63, 3.8) is 0 Å². The average molecular weight is 456 g/mol. The quantitative estimate of drug-likeness (QED) is 0.550. The molecule has 31 heavy (non-hydrogen) atoms. The molecule has 1 aromatic carbocycles. The number of pyridine rings is 1. The van der Waals surface area contributed by atoms with E-state index in [1.165, 1.54) is 10.8 Å². The maximum atomic E-state index is 14.1. The number of carbonyl (C=O) groups excluding carboxylic acids is 2. The lowest BCUT2D eigenvalue weighted by Gasteiger charge is -2.34. The zero-order valence-corrected chi connectivity index (χ0v) is 16.8. The topological polar surface area (TPSA) is 91.6 Å². The zero-order chi connectivity index (χ0) is 22.4. The third kappa shape index (κ3) is 3.54. The van der Waals surface area contributed by atoms with Crippen LogP contribution in [-0.4, -0.2) is 39.5 Å². The lowest BCUT2D eigenvalue weighted by atomic mass is 10.1. The molecule has 4 rings (SSSR count). The van der Waals surface area contributed by atoms with E-state index in [9.17, 15) is 32.7 Å². The molecule has 2 aliphatic heterocycles. The van der Waals surface area contributed by atoms with E-state index < -0.39 is 63.1 Å². The molecule has 2 amide bonds. The Labute approximate surface area is 179 Å². The minimum absolute atomic E-state index is 0.179. The van der Waals surface area contributed by atoms with E-state index in [1.807, 2.05) is 0 Å². The van der Waals surface area contributed by atoms with E-state index in [-0.39, 0.29) is 11.7 Å². The minimum atomic E-state index is -1.37. The Morgan fingerprint density at radius 1 is 1.23 bits per heavy atom. The van der Waals surface area contributed by atoms with Gasteiger partial charge >= 0.3 is 0 Å². The van der Waals surface area contributed by atoms with Crippen molar-refractivity contribution in [2.45, 2.75) is 31.8 Å². The molecular formula is C20H17ClF3N3O4. The smallest absolute Gasteiger partial charge is 0.274 e. The SMILES string of the molecule is O=C(NCc1c(F)cc(F)c(Cl)c1F)c1cn2c(c(O)c1=O)C(=O)N1CCCCC2C1. The van der Waals surface area contributed by atoms with Crippen LogP contribution >= 0.6 is 11.6 Å². The van der Waals surface area contributed by atoms with Crippen molar-refractivity contribution in [3.05, 3.63) is 61.8 Å². The Hall–Kier alpha value is -3.01. The number of hydrogen-bond acceptors (Lipinski definition) is 4. The van der Waals surface area contributed by atoms with Gasteiger partial charge in [-0.2, -0.15) is 0 Å². The van der Waals surface area contributed by atoms with Crippen molar-refractivity contribution in [3.8, 4) is 5.75 Å². The number of amides is 2. The van der Waals surface area contributed by atoms with Crippen molar-refractivity contribution >= 4 is 23.4 Å². The molecule has 1 atom stereocenters. The first-order chi connectivity index (χ1) is 14.7. The van der Waals surface area contributed by atoms with Crippen LogP contribution in [0.3, 0.4) is 0 Å². The molecule has 2 bridgehead atoms. The molecule has 164 valence electrons. The van der Waals surface area contributed by atoms with Crippen LogP contribution in [0.4, 0.5) is 13.2 Å². The second kappa shape index (κ2) is 7.92. The van der Waals surface area contributed by atoms with Gasteiger partial charge < -0.3 is 19.9 Å². The van der Waals surface area contributed by atoms with Crippen LogP contribution in [0.25, 0.3) is 0 Å². The summed E-state index contributed by atoms with van der Waals surface area (Å²) in [7, 11) is 0. The molecule has 2 aliphatic rings. The summed E-state index contributed by atoms with van der Waals surface area (Å²) in [6.45, 7) is 0.191. The molecule has 2 aromatic rings. The van der Waals surface area contributed by atoms with Crippen molar-refractivity contribution in [1.82, 2.24) is 14.8 Å². The Morgan fingerprint density at radius 2 is 1.97 bits per heavy atom. The highest BCUT2D eigenvalue weighted by Crippen LogP contribution is 2.32. The van der Waals surface area contributed by atoms with Crippen molar-refractivity contribution in [2.24, 2.45) is 0 Å². The molecule has 0 saturated carbocycles. The second-order valence-electron chi connectivity index (χ2n) is 7.51. The molecule has 3 heterocycles. The highest BCUT2D eigenvalue weighted by atomic mass is 35.5. The van der Waals surface area contributed by atoms with Gasteiger partial charge in [0.25, 0.3) is 11.8 Å². The highest BCUT2D eigenvalue weighted by Gasteiger charge is 2.36. The normalized spacial score (nSPS) is 17.9. The first-order valence-electron chi connectivity index (χ1n) is 9.58. The summed E-state index contributed by atoms with van der Waals surface area (Å²) in [6, 6.07) is 0.162. The summed E-state index contributed by atoms with van der Waals surface area (Å²) in [4.78, 5) is 39.4. The monoisotopic (exact) mass is 455 g/mol. The van der Waals surface area contributed by atoms with Gasteiger partial charge in [0.05, 0.1) is 6.04 Å². The molecular weight excluding hydrogens is 439 g/mol. The predicted molar refractivity (Wildman–Crippen MR) is 104 cm³/mol. The summed E-state index contributed by atoms with van der Waals surface area (Å²) in [5.74, 6) is -6.27. The summed E-state index contributed by atoms with van der Waals surface area (Å²) >= 11 is 5.44. The maximum absolute atomic E-state index is 14.1. The number of benzene rings is 1. The summed E-state index contributed by atoms with van der Waals surface area (Å²) in [5.41, 5.74) is -2.42. The Kier molecular flexibility index (Phi) is 5.42. The van der Waals surface area contributed by atoms with Gasteiger partial charge in [0.1, 0.15) is 22.2 Å². The van der Waals surface area contributed by atoms with Crippen LogP contribution in [0.5, 0.6) is 5.75 Å². The minimum Gasteiger partial charge on any atom is -0.503 e. The zero-order valence-electron chi connectivity index (χ0n) is 16.1. The Balaban J connectivity index is 1.67. The number of hydrogen-bond donors (Lipinski definition) is 2. The summed E-state index contributed by atoms with van der Waals surface area (Å²) in [5, 5.41) is 11.6. The molecule has 0 spiro atoms. The van der Waals surface area contributed by atoms with E-state index >= 15 is 0 Å². The maximum Gasteiger partial charge on any atom is 0.274 e. The third-order valence-corrected chi connectivity index (χ3v) is 5.97. The van der Waals surface area contributed by atoms with Crippen LogP contribution in [0.15, 0.2) is 17.1 Å². The lowest BCUT2D eigenvalue weighted by Crippen LogP contribution is -2.44. The molecule has 7 nitrogen and oxygen atoms in total. The molecule has 1 saturated heterocycles. The number of aromatic hydroxyl groups is 1. The van der Waals surface area contributed by atoms with E-state index in [0.29, 0.717) is 25.6 Å². The second-order valence-corrected chi connectivity index (χ2v) is 7.88. The number of carbonyl (C=O) groups is 2. The average Bonchev–Trinajstić information content (AvgIpc) is 2.96. The van der Waals surface area contributed by atoms with Crippen molar-refractivity contribution < 1.29 is 27.9 Å². The number of fused-ring (bicyclic) bond motifs is 4. The number of nitrogens with zero attached hydrogens (tertiary/aromatic N) is 2. The van der Waals surface area contributed by atoms with Crippen molar-refractivity contribution in [2.75, 3.05) is 13.1 Å². The predicted octanol–water partition coefficient (Wildman–Crippen LogP) is 2.74. The van der Waals surface area contributed by atoms with Gasteiger partial charge in [-0.05, 0) is 19.3 Å². The molecule has 1 unspecified atom stereocenters. The summed E-state index contributed by atoms with van der Waals surface area (Å²) in [6.07, 6.45) is 3.48. The number of aromatic nitrogens is 1. The summed E-state index contributed by atoms with van der Waals surface area (Å²) < 4.78 is 42.7. The molecule has 11 heteroatoms. The van der Waals surface area contributed by atoms with Gasteiger partial charge in [-0.15, -0.1) is 0 Å². The van der Waals surface area contributed by atoms with E-state index in [1.54, 1.807) is 4.90 Å². The van der Waals surface area contributed by atoms with Gasteiger partial charge in [0.2, 0.25) is 5.43 Å². The van der Waals surface area contributed by atoms with Crippen LogP contribution in [0.1, 0.15) is 51.7 Å². The fraction of sp³-hybridized carbons (Fsp3) is 0.350. The largest absolute Gasteiger partial charge is 0.503 e. The molecule has 1 aromatic heterocycles.